The average Bonchev–Trinajstić information content (AvgIpc) is 2.16. The molecule has 0 atom stereocenters. The summed E-state index contributed by atoms with van der Waals surface area (Å²) in [4.78, 5) is 11.2. The van der Waals surface area contributed by atoms with Crippen LogP contribution in [0.1, 0.15) is 11.1 Å². The van der Waals surface area contributed by atoms with Crippen LogP contribution in [0.25, 0.3) is 0 Å². The zero-order chi connectivity index (χ0) is 11.4. The molecule has 0 fully saturated rings. The zero-order valence-electron chi connectivity index (χ0n) is 9.28. The molecule has 0 saturated heterocycles. The van der Waals surface area contributed by atoms with Crippen LogP contribution in [0.3, 0.4) is 0 Å². The standard InChI is InChI=1S/C11H16N2O2/c1-8-5-4-6-9(2)11(8)15-7-10(14)13(3)12/h4-6H,7,12H2,1-3H3. The summed E-state index contributed by atoms with van der Waals surface area (Å²) in [5.41, 5.74) is 2.03. The second-order valence-corrected chi connectivity index (χ2v) is 3.51. The minimum atomic E-state index is -0.252. The van der Waals surface area contributed by atoms with Crippen molar-refractivity contribution in [1.29, 1.82) is 0 Å². The Morgan fingerprint density at radius 3 is 2.40 bits per heavy atom. The lowest BCUT2D eigenvalue weighted by Gasteiger charge is -2.14. The van der Waals surface area contributed by atoms with Gasteiger partial charge in [0, 0.05) is 7.05 Å². The van der Waals surface area contributed by atoms with Crippen molar-refractivity contribution in [2.45, 2.75) is 13.8 Å². The van der Waals surface area contributed by atoms with E-state index in [4.69, 9.17) is 10.6 Å². The number of carbonyl (C=O) groups is 1. The molecule has 4 heteroatoms. The molecule has 15 heavy (non-hydrogen) atoms. The van der Waals surface area contributed by atoms with Gasteiger partial charge in [-0.05, 0) is 25.0 Å². The molecule has 0 radical (unpaired) electrons. The number of likely N-dealkylation sites (N-methyl/N-ethyl adjacent to an activating group) is 1. The van der Waals surface area contributed by atoms with Crippen molar-refractivity contribution >= 4 is 5.91 Å². The summed E-state index contributed by atoms with van der Waals surface area (Å²) in [5, 5.41) is 1.02. The summed E-state index contributed by atoms with van der Waals surface area (Å²) in [6.45, 7) is 3.86. The van der Waals surface area contributed by atoms with Crippen molar-refractivity contribution in [1.82, 2.24) is 5.01 Å². The van der Waals surface area contributed by atoms with E-state index in [2.05, 4.69) is 0 Å². The molecule has 0 heterocycles. The molecule has 1 aromatic carbocycles. The third-order valence-electron chi connectivity index (χ3n) is 2.14. The Morgan fingerprint density at radius 1 is 1.40 bits per heavy atom. The highest BCUT2D eigenvalue weighted by atomic mass is 16.5. The highest BCUT2D eigenvalue weighted by Gasteiger charge is 2.08. The summed E-state index contributed by atoms with van der Waals surface area (Å²) in [5.74, 6) is 5.78. The number of hydrogen-bond donors (Lipinski definition) is 1. The van der Waals surface area contributed by atoms with E-state index in [0.717, 1.165) is 21.9 Å². The number of para-hydroxylation sites is 1. The molecule has 1 aromatic rings. The number of hydrogen-bond acceptors (Lipinski definition) is 3. The number of aryl methyl sites for hydroxylation is 2. The van der Waals surface area contributed by atoms with Crippen molar-refractivity contribution in [3.05, 3.63) is 29.3 Å². The summed E-state index contributed by atoms with van der Waals surface area (Å²) in [6.07, 6.45) is 0. The first-order chi connectivity index (χ1) is 7.02. The molecule has 1 rings (SSSR count). The van der Waals surface area contributed by atoms with E-state index >= 15 is 0 Å². The minimum Gasteiger partial charge on any atom is -0.483 e. The molecule has 0 aliphatic heterocycles. The number of rotatable bonds is 3. The Labute approximate surface area is 89.6 Å². The predicted molar refractivity (Wildman–Crippen MR) is 58.4 cm³/mol. The minimum absolute atomic E-state index is 0.0291. The maximum atomic E-state index is 11.2. The molecule has 0 unspecified atom stereocenters. The van der Waals surface area contributed by atoms with Crippen molar-refractivity contribution in [3.63, 3.8) is 0 Å². The largest absolute Gasteiger partial charge is 0.483 e. The first kappa shape index (κ1) is 11.5. The molecular formula is C11H16N2O2. The van der Waals surface area contributed by atoms with E-state index in [9.17, 15) is 4.79 Å². The molecule has 2 N–H and O–H groups in total. The Morgan fingerprint density at radius 2 is 1.93 bits per heavy atom. The smallest absolute Gasteiger partial charge is 0.274 e. The van der Waals surface area contributed by atoms with Gasteiger partial charge in [0.05, 0.1) is 0 Å². The Bertz CT molecular complexity index is 341. The van der Waals surface area contributed by atoms with Crippen molar-refractivity contribution in [2.75, 3.05) is 13.7 Å². The second kappa shape index (κ2) is 4.79. The van der Waals surface area contributed by atoms with Crippen LogP contribution in [0.15, 0.2) is 18.2 Å². The first-order valence-corrected chi connectivity index (χ1v) is 4.72. The van der Waals surface area contributed by atoms with Crippen molar-refractivity contribution in [2.24, 2.45) is 5.84 Å². The van der Waals surface area contributed by atoms with Crippen LogP contribution >= 0.6 is 0 Å². The van der Waals surface area contributed by atoms with Crippen LogP contribution in [0.4, 0.5) is 0 Å². The summed E-state index contributed by atoms with van der Waals surface area (Å²) < 4.78 is 5.42. The highest BCUT2D eigenvalue weighted by Crippen LogP contribution is 2.21. The number of amides is 1. The molecule has 1 amide bonds. The number of nitrogens with two attached hydrogens (primary N) is 1. The van der Waals surface area contributed by atoms with Crippen LogP contribution in [0, 0.1) is 13.8 Å². The second-order valence-electron chi connectivity index (χ2n) is 3.51. The van der Waals surface area contributed by atoms with E-state index in [-0.39, 0.29) is 12.5 Å². The Hall–Kier alpha value is -1.55. The van der Waals surface area contributed by atoms with Crippen LogP contribution in [0.5, 0.6) is 5.75 Å². The van der Waals surface area contributed by atoms with Gasteiger partial charge < -0.3 is 4.74 Å². The lowest BCUT2D eigenvalue weighted by molar-refractivity contribution is -0.132. The van der Waals surface area contributed by atoms with E-state index in [0.29, 0.717) is 0 Å². The molecule has 0 bridgehead atoms. The average molecular weight is 208 g/mol. The number of nitrogens with zero attached hydrogens (tertiary/aromatic N) is 1. The van der Waals surface area contributed by atoms with Gasteiger partial charge in [0.1, 0.15) is 5.75 Å². The van der Waals surface area contributed by atoms with Gasteiger partial charge in [-0.2, -0.15) is 0 Å². The third kappa shape index (κ3) is 2.95. The number of hydrazine groups is 1. The van der Waals surface area contributed by atoms with Crippen molar-refractivity contribution < 1.29 is 9.53 Å². The van der Waals surface area contributed by atoms with Crippen LogP contribution in [-0.4, -0.2) is 24.6 Å². The van der Waals surface area contributed by atoms with Crippen LogP contribution in [0.2, 0.25) is 0 Å². The van der Waals surface area contributed by atoms with Crippen LogP contribution in [-0.2, 0) is 4.79 Å². The molecule has 0 saturated carbocycles. The SMILES string of the molecule is Cc1cccc(C)c1OCC(=O)N(C)N. The molecule has 0 spiro atoms. The van der Waals surface area contributed by atoms with E-state index in [1.54, 1.807) is 0 Å². The van der Waals surface area contributed by atoms with Gasteiger partial charge in [0.2, 0.25) is 0 Å². The Balaban J connectivity index is 2.69. The van der Waals surface area contributed by atoms with Gasteiger partial charge in [0.15, 0.2) is 6.61 Å². The molecule has 4 nitrogen and oxygen atoms in total. The lowest BCUT2D eigenvalue weighted by atomic mass is 10.1. The topological polar surface area (TPSA) is 55.6 Å². The quantitative estimate of drug-likeness (QED) is 0.458. The number of carbonyl (C=O) groups excluding carboxylic acids is 1. The fourth-order valence-corrected chi connectivity index (χ4v) is 1.26. The highest BCUT2D eigenvalue weighted by molar-refractivity contribution is 5.76. The fourth-order valence-electron chi connectivity index (χ4n) is 1.26. The maximum Gasteiger partial charge on any atom is 0.274 e. The monoisotopic (exact) mass is 208 g/mol. The summed E-state index contributed by atoms with van der Waals surface area (Å²) in [7, 11) is 1.50. The van der Waals surface area contributed by atoms with Gasteiger partial charge in [0.25, 0.3) is 5.91 Å². The molecule has 0 aromatic heterocycles. The number of benzene rings is 1. The van der Waals surface area contributed by atoms with Crippen LogP contribution < -0.4 is 10.6 Å². The van der Waals surface area contributed by atoms with Gasteiger partial charge in [-0.1, -0.05) is 18.2 Å². The van der Waals surface area contributed by atoms with Crippen molar-refractivity contribution in [3.8, 4) is 5.75 Å². The lowest BCUT2D eigenvalue weighted by Crippen LogP contribution is -2.36. The van der Waals surface area contributed by atoms with Gasteiger partial charge in [-0.3, -0.25) is 9.80 Å². The summed E-state index contributed by atoms with van der Waals surface area (Å²) in [6, 6.07) is 5.84. The third-order valence-corrected chi connectivity index (χ3v) is 2.14. The molecular weight excluding hydrogens is 192 g/mol. The Kier molecular flexibility index (Phi) is 3.68. The van der Waals surface area contributed by atoms with E-state index in [1.807, 2.05) is 32.0 Å². The van der Waals surface area contributed by atoms with Gasteiger partial charge >= 0.3 is 0 Å². The molecule has 0 aliphatic rings. The normalized spacial score (nSPS) is 9.87. The predicted octanol–water partition coefficient (Wildman–Crippen LogP) is 1.01. The van der Waals surface area contributed by atoms with Gasteiger partial charge in [-0.25, -0.2) is 5.84 Å². The van der Waals surface area contributed by atoms with E-state index in [1.165, 1.54) is 7.05 Å². The fraction of sp³-hybridized carbons (Fsp3) is 0.364. The zero-order valence-corrected chi connectivity index (χ0v) is 9.28. The molecule has 82 valence electrons. The number of ether oxygens (including phenoxy) is 1. The molecule has 0 aliphatic carbocycles. The van der Waals surface area contributed by atoms with Gasteiger partial charge in [-0.15, -0.1) is 0 Å². The summed E-state index contributed by atoms with van der Waals surface area (Å²) >= 11 is 0. The first-order valence-electron chi connectivity index (χ1n) is 4.72. The maximum absolute atomic E-state index is 11.2. The van der Waals surface area contributed by atoms with E-state index < -0.39 is 0 Å².